The van der Waals surface area contributed by atoms with Crippen molar-refractivity contribution in [1.82, 2.24) is 14.1 Å². The van der Waals surface area contributed by atoms with E-state index in [1.807, 2.05) is 0 Å². The van der Waals surface area contributed by atoms with Crippen LogP contribution in [0.5, 0.6) is 0 Å². The van der Waals surface area contributed by atoms with E-state index in [0.717, 1.165) is 4.57 Å². The number of fused-ring (bicyclic) bond motifs is 1. The second-order valence-electron chi connectivity index (χ2n) is 5.46. The summed E-state index contributed by atoms with van der Waals surface area (Å²) in [5.41, 5.74) is 0.756. The van der Waals surface area contributed by atoms with Crippen molar-refractivity contribution in [3.05, 3.63) is 98.9 Å². The van der Waals surface area contributed by atoms with E-state index in [9.17, 15) is 9.59 Å². The topological polar surface area (TPSA) is 56.9 Å². The van der Waals surface area contributed by atoms with Gasteiger partial charge in [-0.05, 0) is 48.5 Å². The number of pyridine rings is 1. The maximum Gasteiger partial charge on any atom is 0.340 e. The lowest BCUT2D eigenvalue weighted by atomic mass is 10.2. The fourth-order valence-corrected chi connectivity index (χ4v) is 2.94. The van der Waals surface area contributed by atoms with Crippen LogP contribution in [0.1, 0.15) is 0 Å². The highest BCUT2D eigenvalue weighted by molar-refractivity contribution is 6.30. The predicted molar refractivity (Wildman–Crippen MR) is 97.9 cm³/mol. The molecule has 122 valence electrons. The molecule has 0 aliphatic heterocycles. The van der Waals surface area contributed by atoms with E-state index in [2.05, 4.69) is 4.98 Å². The van der Waals surface area contributed by atoms with Gasteiger partial charge in [0.2, 0.25) is 0 Å². The first-order chi connectivity index (χ1) is 12.2. The van der Waals surface area contributed by atoms with E-state index in [-0.39, 0.29) is 5.56 Å². The smallest absolute Gasteiger partial charge is 0.268 e. The van der Waals surface area contributed by atoms with Gasteiger partial charge in [-0.1, -0.05) is 23.7 Å². The van der Waals surface area contributed by atoms with Gasteiger partial charge < -0.3 is 0 Å². The number of hydrogen-bond acceptors (Lipinski definition) is 3. The number of halogens is 1. The molecule has 4 aromatic rings. The lowest BCUT2D eigenvalue weighted by Gasteiger charge is -2.14. The van der Waals surface area contributed by atoms with Crippen molar-refractivity contribution in [2.75, 3.05) is 0 Å². The van der Waals surface area contributed by atoms with E-state index in [4.69, 9.17) is 11.6 Å². The third-order valence-corrected chi connectivity index (χ3v) is 4.20. The number of para-hydroxylation sites is 1. The quantitative estimate of drug-likeness (QED) is 0.558. The first kappa shape index (κ1) is 15.4. The van der Waals surface area contributed by atoms with Gasteiger partial charge in [-0.15, -0.1) is 0 Å². The highest BCUT2D eigenvalue weighted by atomic mass is 35.5. The van der Waals surface area contributed by atoms with Crippen LogP contribution < -0.4 is 11.2 Å². The molecule has 0 spiro atoms. The van der Waals surface area contributed by atoms with Crippen molar-refractivity contribution in [2.24, 2.45) is 0 Å². The summed E-state index contributed by atoms with van der Waals surface area (Å²) in [6.45, 7) is 0. The first-order valence-corrected chi connectivity index (χ1v) is 7.98. The van der Waals surface area contributed by atoms with Crippen LogP contribution in [0.15, 0.2) is 82.6 Å². The maximum absolute atomic E-state index is 13.2. The van der Waals surface area contributed by atoms with Crippen molar-refractivity contribution >= 4 is 22.5 Å². The number of aromatic nitrogens is 3. The van der Waals surface area contributed by atoms with Gasteiger partial charge in [-0.2, -0.15) is 0 Å². The Bertz CT molecular complexity index is 1180. The zero-order chi connectivity index (χ0) is 17.4. The van der Waals surface area contributed by atoms with Crippen molar-refractivity contribution in [3.8, 4) is 11.4 Å². The molecule has 0 saturated heterocycles. The fourth-order valence-electron chi connectivity index (χ4n) is 2.81. The minimum Gasteiger partial charge on any atom is -0.268 e. The monoisotopic (exact) mass is 349 g/mol. The van der Waals surface area contributed by atoms with E-state index < -0.39 is 5.69 Å². The molecule has 0 saturated carbocycles. The average Bonchev–Trinajstić information content (AvgIpc) is 2.64. The Hall–Kier alpha value is -3.18. The van der Waals surface area contributed by atoms with Crippen LogP contribution in [0.2, 0.25) is 5.02 Å². The Morgan fingerprint density at radius 2 is 1.56 bits per heavy atom. The van der Waals surface area contributed by atoms with Crippen LogP contribution in [-0.4, -0.2) is 14.1 Å². The van der Waals surface area contributed by atoms with Gasteiger partial charge in [0.1, 0.15) is 0 Å². The molecule has 2 heterocycles. The summed E-state index contributed by atoms with van der Waals surface area (Å²) in [6, 6.07) is 17.3. The number of hydrogen-bond donors (Lipinski definition) is 0. The second kappa shape index (κ2) is 6.03. The molecule has 0 aliphatic carbocycles. The summed E-state index contributed by atoms with van der Waals surface area (Å²) in [6.07, 6.45) is 3.08. The molecule has 4 rings (SSSR count). The van der Waals surface area contributed by atoms with Crippen LogP contribution >= 0.6 is 11.6 Å². The summed E-state index contributed by atoms with van der Waals surface area (Å²) in [5.74, 6) is 0. The van der Waals surface area contributed by atoms with Crippen molar-refractivity contribution in [1.29, 1.82) is 0 Å². The predicted octanol–water partition coefficient (Wildman–Crippen LogP) is 3.19. The fraction of sp³-hybridized carbons (Fsp3) is 0. The molecule has 2 aromatic carbocycles. The Balaban J connectivity index is 2.17. The summed E-state index contributed by atoms with van der Waals surface area (Å²) in [5, 5.41) is 1.02. The molecular weight excluding hydrogens is 338 g/mol. The molecule has 0 fully saturated rings. The molecule has 2 aromatic heterocycles. The Kier molecular flexibility index (Phi) is 3.71. The highest BCUT2D eigenvalue weighted by Gasteiger charge is 2.15. The maximum atomic E-state index is 13.2. The summed E-state index contributed by atoms with van der Waals surface area (Å²) in [7, 11) is 0. The van der Waals surface area contributed by atoms with E-state index in [1.54, 1.807) is 66.9 Å². The number of rotatable bonds is 2. The number of benzene rings is 2. The highest BCUT2D eigenvalue weighted by Crippen LogP contribution is 2.17. The molecular formula is C19H12ClN3O2. The molecule has 0 N–H and O–H groups in total. The largest absolute Gasteiger partial charge is 0.340 e. The minimum atomic E-state index is -0.459. The lowest BCUT2D eigenvalue weighted by Crippen LogP contribution is -2.38. The van der Waals surface area contributed by atoms with Gasteiger partial charge in [0.05, 0.1) is 28.5 Å². The van der Waals surface area contributed by atoms with Crippen LogP contribution in [0.3, 0.4) is 0 Å². The zero-order valence-electron chi connectivity index (χ0n) is 13.0. The average molecular weight is 350 g/mol. The van der Waals surface area contributed by atoms with Gasteiger partial charge in [0, 0.05) is 11.2 Å². The summed E-state index contributed by atoms with van der Waals surface area (Å²) >= 11 is 5.96. The molecule has 0 radical (unpaired) electrons. The zero-order valence-corrected chi connectivity index (χ0v) is 13.7. The molecule has 0 bridgehead atoms. The van der Waals surface area contributed by atoms with Gasteiger partial charge in [0.25, 0.3) is 5.56 Å². The van der Waals surface area contributed by atoms with Crippen LogP contribution in [0, 0.1) is 0 Å². The lowest BCUT2D eigenvalue weighted by molar-refractivity contribution is 0.831. The van der Waals surface area contributed by atoms with E-state index in [0.29, 0.717) is 27.3 Å². The molecule has 0 atom stereocenters. The molecule has 0 amide bonds. The SMILES string of the molecule is O=c1c2ccccc2n(-c2ccc(Cl)cc2)c(=O)n1-c1cccnc1. The van der Waals surface area contributed by atoms with E-state index >= 15 is 0 Å². The molecule has 25 heavy (non-hydrogen) atoms. The molecule has 6 heteroatoms. The van der Waals surface area contributed by atoms with Crippen LogP contribution in [-0.2, 0) is 0 Å². The van der Waals surface area contributed by atoms with Crippen LogP contribution in [0.25, 0.3) is 22.3 Å². The Labute approximate surface area is 147 Å². The van der Waals surface area contributed by atoms with Gasteiger partial charge in [-0.3, -0.25) is 14.3 Å². The van der Waals surface area contributed by atoms with Crippen LogP contribution in [0.4, 0.5) is 0 Å². The minimum absolute atomic E-state index is 0.376. The van der Waals surface area contributed by atoms with Crippen molar-refractivity contribution in [3.63, 3.8) is 0 Å². The van der Waals surface area contributed by atoms with Crippen molar-refractivity contribution in [2.45, 2.75) is 0 Å². The van der Waals surface area contributed by atoms with Crippen molar-refractivity contribution < 1.29 is 0 Å². The molecule has 0 aliphatic rings. The molecule has 5 nitrogen and oxygen atoms in total. The molecule has 0 unspecified atom stereocenters. The first-order valence-electron chi connectivity index (χ1n) is 7.60. The Morgan fingerprint density at radius 1 is 0.800 bits per heavy atom. The standard InChI is InChI=1S/C19H12ClN3O2/c20-13-7-9-14(10-8-13)22-17-6-2-1-5-16(17)18(24)23(19(22)25)15-4-3-11-21-12-15/h1-12H. The normalized spacial score (nSPS) is 10.9. The number of nitrogens with zero attached hydrogens (tertiary/aromatic N) is 3. The third-order valence-electron chi connectivity index (χ3n) is 3.95. The summed E-state index contributed by atoms with van der Waals surface area (Å²) < 4.78 is 2.63. The third kappa shape index (κ3) is 2.55. The van der Waals surface area contributed by atoms with Gasteiger partial charge in [0.15, 0.2) is 0 Å². The second-order valence-corrected chi connectivity index (χ2v) is 5.90. The van der Waals surface area contributed by atoms with E-state index in [1.165, 1.54) is 10.8 Å². The summed E-state index contributed by atoms with van der Waals surface area (Å²) in [4.78, 5) is 30.1. The van der Waals surface area contributed by atoms with Gasteiger partial charge in [-0.25, -0.2) is 9.36 Å². The van der Waals surface area contributed by atoms with Gasteiger partial charge >= 0.3 is 5.69 Å². The Morgan fingerprint density at radius 3 is 2.28 bits per heavy atom.